The minimum atomic E-state index is 0.676. The second-order valence-electron chi connectivity index (χ2n) is 3.52. The molecule has 0 atom stereocenters. The van der Waals surface area contributed by atoms with Crippen molar-refractivity contribution in [1.82, 2.24) is 5.16 Å². The molecule has 0 amide bonds. The number of aryl methyl sites for hydroxylation is 2. The summed E-state index contributed by atoms with van der Waals surface area (Å²) >= 11 is 5.31. The van der Waals surface area contributed by atoms with Crippen LogP contribution < -0.4 is 5.32 Å². The van der Waals surface area contributed by atoms with Crippen LogP contribution in [0.15, 0.2) is 34.9 Å². The zero-order chi connectivity index (χ0) is 11.5. The lowest BCUT2D eigenvalue weighted by atomic mass is 10.2. The topological polar surface area (TPSA) is 38.1 Å². The molecule has 1 heterocycles. The summed E-state index contributed by atoms with van der Waals surface area (Å²) in [5.74, 6) is 0.746. The first-order valence-corrected chi connectivity index (χ1v) is 5.38. The summed E-state index contributed by atoms with van der Waals surface area (Å²) in [7, 11) is 0. The Morgan fingerprint density at radius 2 is 1.94 bits per heavy atom. The minimum absolute atomic E-state index is 0.676. The van der Waals surface area contributed by atoms with Crippen LogP contribution in [0.1, 0.15) is 17.0 Å². The van der Waals surface area contributed by atoms with E-state index in [9.17, 15) is 0 Å². The minimum Gasteiger partial charge on any atom is -0.359 e. The number of aromatic nitrogens is 1. The molecule has 2 rings (SSSR count). The Kier molecular flexibility index (Phi) is 3.01. The van der Waals surface area contributed by atoms with Crippen molar-refractivity contribution in [2.24, 2.45) is 0 Å². The molecule has 0 bridgehead atoms. The van der Waals surface area contributed by atoms with E-state index in [2.05, 4.69) is 10.5 Å². The van der Waals surface area contributed by atoms with Crippen LogP contribution in [0.2, 0.25) is 0 Å². The van der Waals surface area contributed by atoms with Gasteiger partial charge in [-0.05, 0) is 13.8 Å². The maximum Gasteiger partial charge on any atom is 0.157 e. The third-order valence-electron chi connectivity index (χ3n) is 2.31. The third kappa shape index (κ3) is 2.12. The highest BCUT2D eigenvalue weighted by molar-refractivity contribution is 7.81. The van der Waals surface area contributed by atoms with Crippen LogP contribution in [-0.2, 0) is 0 Å². The molecule has 0 aliphatic carbocycles. The van der Waals surface area contributed by atoms with Gasteiger partial charge in [0.15, 0.2) is 5.76 Å². The van der Waals surface area contributed by atoms with Crippen LogP contribution in [0.25, 0.3) is 0 Å². The van der Waals surface area contributed by atoms with Gasteiger partial charge >= 0.3 is 0 Å². The Labute approximate surface area is 99.5 Å². The largest absolute Gasteiger partial charge is 0.359 e. The first-order chi connectivity index (χ1) is 7.68. The number of nitrogens with zero attached hydrogens (tertiary/aromatic N) is 1. The predicted molar refractivity (Wildman–Crippen MR) is 67.7 cm³/mol. The smallest absolute Gasteiger partial charge is 0.157 e. The zero-order valence-corrected chi connectivity index (χ0v) is 9.97. The Balaban J connectivity index is 2.21. The summed E-state index contributed by atoms with van der Waals surface area (Å²) in [6.45, 7) is 3.74. The Morgan fingerprint density at radius 1 is 1.25 bits per heavy atom. The lowest BCUT2D eigenvalue weighted by Gasteiger charge is -2.06. The first kappa shape index (κ1) is 10.8. The lowest BCUT2D eigenvalue weighted by Crippen LogP contribution is -2.11. The second kappa shape index (κ2) is 4.45. The quantitative estimate of drug-likeness (QED) is 0.807. The molecule has 0 unspecified atom stereocenters. The van der Waals surface area contributed by atoms with Gasteiger partial charge in [0.05, 0.1) is 0 Å². The van der Waals surface area contributed by atoms with Gasteiger partial charge in [0.25, 0.3) is 0 Å². The molecule has 0 saturated heterocycles. The zero-order valence-electron chi connectivity index (χ0n) is 9.15. The maximum absolute atomic E-state index is 5.31. The van der Waals surface area contributed by atoms with Crippen molar-refractivity contribution < 1.29 is 4.52 Å². The lowest BCUT2D eigenvalue weighted by molar-refractivity contribution is 0.393. The average Bonchev–Trinajstić information content (AvgIpc) is 2.62. The number of benzene rings is 1. The monoisotopic (exact) mass is 232 g/mol. The number of nitrogens with one attached hydrogen (secondary N) is 1. The molecule has 2 aromatic rings. The highest BCUT2D eigenvalue weighted by Gasteiger charge is 2.10. The fourth-order valence-corrected chi connectivity index (χ4v) is 1.67. The molecule has 1 aromatic heterocycles. The van der Waals surface area contributed by atoms with Gasteiger partial charge in [-0.15, -0.1) is 0 Å². The van der Waals surface area contributed by atoms with E-state index in [0.717, 1.165) is 22.7 Å². The van der Waals surface area contributed by atoms with Crippen molar-refractivity contribution >= 4 is 22.9 Å². The molecule has 0 spiro atoms. The fourth-order valence-electron chi connectivity index (χ4n) is 1.44. The van der Waals surface area contributed by atoms with Gasteiger partial charge < -0.3 is 9.84 Å². The average molecular weight is 232 g/mol. The summed E-state index contributed by atoms with van der Waals surface area (Å²) in [5, 5.41) is 7.02. The standard InChI is InChI=1S/C12H12N2OS/c1-8-11(9(2)15-14-8)13-12(16)10-6-4-3-5-7-10/h3-7H,1-2H3,(H,13,16). The van der Waals surface area contributed by atoms with Gasteiger partial charge in [0.2, 0.25) is 0 Å². The molecular weight excluding hydrogens is 220 g/mol. The summed E-state index contributed by atoms with van der Waals surface area (Å²) in [6.07, 6.45) is 0. The molecule has 0 radical (unpaired) electrons. The summed E-state index contributed by atoms with van der Waals surface area (Å²) < 4.78 is 5.06. The van der Waals surface area contributed by atoms with E-state index < -0.39 is 0 Å². The van der Waals surface area contributed by atoms with Crippen LogP contribution in [-0.4, -0.2) is 10.1 Å². The highest BCUT2D eigenvalue weighted by atomic mass is 32.1. The summed E-state index contributed by atoms with van der Waals surface area (Å²) in [5.41, 5.74) is 2.65. The van der Waals surface area contributed by atoms with Crippen LogP contribution in [0, 0.1) is 13.8 Å². The van der Waals surface area contributed by atoms with Crippen LogP contribution >= 0.6 is 12.2 Å². The highest BCUT2D eigenvalue weighted by Crippen LogP contribution is 2.19. The van der Waals surface area contributed by atoms with E-state index in [4.69, 9.17) is 16.7 Å². The third-order valence-corrected chi connectivity index (χ3v) is 2.65. The van der Waals surface area contributed by atoms with Gasteiger partial charge in [0.1, 0.15) is 16.4 Å². The van der Waals surface area contributed by atoms with Crippen molar-refractivity contribution in [3.05, 3.63) is 47.3 Å². The van der Waals surface area contributed by atoms with E-state index in [0.29, 0.717) is 4.99 Å². The van der Waals surface area contributed by atoms with Gasteiger partial charge in [-0.25, -0.2) is 0 Å². The fraction of sp³-hybridized carbons (Fsp3) is 0.167. The van der Waals surface area contributed by atoms with Crippen LogP contribution in [0.5, 0.6) is 0 Å². The molecule has 0 aliphatic heterocycles. The van der Waals surface area contributed by atoms with Crippen LogP contribution in [0.3, 0.4) is 0 Å². The molecule has 16 heavy (non-hydrogen) atoms. The van der Waals surface area contributed by atoms with Gasteiger partial charge in [0, 0.05) is 5.56 Å². The molecule has 3 nitrogen and oxygen atoms in total. The Morgan fingerprint density at radius 3 is 2.50 bits per heavy atom. The molecule has 1 N–H and O–H groups in total. The number of thiocarbonyl (C=S) groups is 1. The molecule has 0 saturated carbocycles. The predicted octanol–water partition coefficient (Wildman–Crippen LogP) is 3.08. The number of rotatable bonds is 2. The van der Waals surface area contributed by atoms with Crippen molar-refractivity contribution in [3.63, 3.8) is 0 Å². The van der Waals surface area contributed by atoms with E-state index in [1.54, 1.807) is 0 Å². The molecule has 1 aromatic carbocycles. The van der Waals surface area contributed by atoms with Gasteiger partial charge in [-0.3, -0.25) is 0 Å². The van der Waals surface area contributed by atoms with Gasteiger partial charge in [-0.2, -0.15) is 0 Å². The summed E-state index contributed by atoms with van der Waals surface area (Å²) in [4.78, 5) is 0.676. The molecule has 0 fully saturated rings. The van der Waals surface area contributed by atoms with Gasteiger partial charge in [-0.1, -0.05) is 47.7 Å². The van der Waals surface area contributed by atoms with E-state index in [-0.39, 0.29) is 0 Å². The Hall–Kier alpha value is -1.68. The van der Waals surface area contributed by atoms with Crippen molar-refractivity contribution in [1.29, 1.82) is 0 Å². The Bertz CT molecular complexity index is 485. The second-order valence-corrected chi connectivity index (χ2v) is 3.93. The normalized spacial score (nSPS) is 10.1. The molecule has 4 heteroatoms. The maximum atomic E-state index is 5.31. The van der Waals surface area contributed by atoms with Crippen LogP contribution in [0.4, 0.5) is 5.69 Å². The summed E-state index contributed by atoms with van der Waals surface area (Å²) in [6, 6.07) is 9.80. The molecule has 82 valence electrons. The van der Waals surface area contributed by atoms with Crippen molar-refractivity contribution in [2.75, 3.05) is 5.32 Å². The van der Waals surface area contributed by atoms with E-state index in [1.165, 1.54) is 0 Å². The number of hydrogen-bond acceptors (Lipinski definition) is 3. The molecular formula is C12H12N2OS. The molecule has 0 aliphatic rings. The SMILES string of the molecule is Cc1noc(C)c1NC(=S)c1ccccc1. The van der Waals surface area contributed by atoms with Crippen molar-refractivity contribution in [2.45, 2.75) is 13.8 Å². The van der Waals surface area contributed by atoms with E-state index >= 15 is 0 Å². The number of anilines is 1. The van der Waals surface area contributed by atoms with E-state index in [1.807, 2.05) is 44.2 Å². The van der Waals surface area contributed by atoms with Crippen molar-refractivity contribution in [3.8, 4) is 0 Å². The first-order valence-electron chi connectivity index (χ1n) is 4.98. The number of hydrogen-bond donors (Lipinski definition) is 1.